The van der Waals surface area contributed by atoms with E-state index in [-0.39, 0.29) is 24.3 Å². The van der Waals surface area contributed by atoms with Gasteiger partial charge in [-0.2, -0.15) is 0 Å². The molecule has 2 aliphatic carbocycles. The van der Waals surface area contributed by atoms with Crippen molar-refractivity contribution in [2.75, 3.05) is 26.2 Å². The summed E-state index contributed by atoms with van der Waals surface area (Å²) < 4.78 is 0. The van der Waals surface area contributed by atoms with Crippen LogP contribution in [0.2, 0.25) is 0 Å². The molecule has 2 fully saturated rings. The van der Waals surface area contributed by atoms with E-state index in [2.05, 4.69) is 16.0 Å². The number of nitrogens with one attached hydrogen (secondary N) is 3. The van der Waals surface area contributed by atoms with Crippen molar-refractivity contribution in [1.29, 1.82) is 0 Å². The van der Waals surface area contributed by atoms with E-state index in [4.69, 9.17) is 0 Å². The molecule has 5 N–H and O–H groups in total. The van der Waals surface area contributed by atoms with Gasteiger partial charge in [0.05, 0.1) is 12.2 Å². The van der Waals surface area contributed by atoms with Crippen molar-refractivity contribution in [2.24, 2.45) is 0 Å². The number of aliphatic hydroxyl groups excluding tert-OH is 2. The molecule has 0 amide bonds. The van der Waals surface area contributed by atoms with Crippen LogP contribution in [0, 0.1) is 0 Å². The average Bonchev–Trinajstić information content (AvgIpc) is 2.50. The van der Waals surface area contributed by atoms with Gasteiger partial charge in [0.1, 0.15) is 0 Å². The average molecular weight is 299 g/mol. The van der Waals surface area contributed by atoms with Crippen LogP contribution in [0.15, 0.2) is 0 Å². The van der Waals surface area contributed by atoms with Crippen LogP contribution in [0.1, 0.15) is 51.4 Å². The monoisotopic (exact) mass is 299 g/mol. The Labute approximate surface area is 128 Å². The lowest BCUT2D eigenvalue weighted by molar-refractivity contribution is 0.0906. The third-order valence-electron chi connectivity index (χ3n) is 4.88. The molecule has 0 unspecified atom stereocenters. The second-order valence-corrected chi connectivity index (χ2v) is 6.57. The maximum absolute atomic E-state index is 9.86. The van der Waals surface area contributed by atoms with Gasteiger partial charge in [0, 0.05) is 38.3 Å². The molecule has 4 atom stereocenters. The molecule has 0 radical (unpaired) electrons. The molecule has 2 saturated carbocycles. The largest absolute Gasteiger partial charge is 0.392 e. The maximum atomic E-state index is 9.86. The number of aliphatic hydroxyl groups is 2. The summed E-state index contributed by atoms with van der Waals surface area (Å²) in [6.45, 7) is 3.68. The molecule has 21 heavy (non-hydrogen) atoms. The molecule has 0 bridgehead atoms. The molecule has 2 rings (SSSR count). The molecule has 2 aliphatic rings. The first-order chi connectivity index (χ1) is 10.3. The van der Waals surface area contributed by atoms with Crippen LogP contribution in [-0.4, -0.2) is 60.7 Å². The van der Waals surface area contributed by atoms with Gasteiger partial charge >= 0.3 is 0 Å². The zero-order chi connectivity index (χ0) is 14.9. The lowest BCUT2D eigenvalue weighted by atomic mass is 9.92. The summed E-state index contributed by atoms with van der Waals surface area (Å²) in [5.41, 5.74) is 0. The molecule has 0 spiro atoms. The molecular formula is C16H33N3O2. The van der Waals surface area contributed by atoms with E-state index in [0.29, 0.717) is 0 Å². The second kappa shape index (κ2) is 9.74. The Balaban J connectivity index is 1.43. The molecule has 124 valence electrons. The summed E-state index contributed by atoms with van der Waals surface area (Å²) >= 11 is 0. The summed E-state index contributed by atoms with van der Waals surface area (Å²) in [7, 11) is 0. The molecule has 0 saturated heterocycles. The normalized spacial score (nSPS) is 34.0. The van der Waals surface area contributed by atoms with E-state index in [9.17, 15) is 10.2 Å². The summed E-state index contributed by atoms with van der Waals surface area (Å²) in [5, 5.41) is 30.0. The highest BCUT2D eigenvalue weighted by Crippen LogP contribution is 2.18. The van der Waals surface area contributed by atoms with Gasteiger partial charge in [-0.3, -0.25) is 0 Å². The SMILES string of the molecule is O[C@@H]1CCCC[C@H]1NCCNCCN[C@@H]1CCCC[C@H]1O. The Kier molecular flexibility index (Phi) is 7.96. The zero-order valence-corrected chi connectivity index (χ0v) is 13.2. The standard InChI is InChI=1S/C16H33N3O2/c20-15-7-3-1-5-13(15)18-11-9-17-10-12-19-14-6-2-4-8-16(14)21/h13-21H,1-12H2/t13-,14-,15-,16-/m1/s1. The van der Waals surface area contributed by atoms with Crippen LogP contribution in [-0.2, 0) is 0 Å². The minimum Gasteiger partial charge on any atom is -0.392 e. The number of hydrogen-bond donors (Lipinski definition) is 5. The first-order valence-corrected chi connectivity index (χ1v) is 8.81. The van der Waals surface area contributed by atoms with Crippen molar-refractivity contribution in [3.63, 3.8) is 0 Å². The van der Waals surface area contributed by atoms with E-state index in [1.165, 1.54) is 12.8 Å². The van der Waals surface area contributed by atoms with E-state index in [0.717, 1.165) is 64.7 Å². The Morgan fingerprint density at radius 3 is 1.48 bits per heavy atom. The fourth-order valence-electron chi connectivity index (χ4n) is 3.52. The molecule has 5 heteroatoms. The highest BCUT2D eigenvalue weighted by molar-refractivity contribution is 4.81. The van der Waals surface area contributed by atoms with Gasteiger partial charge < -0.3 is 26.2 Å². The van der Waals surface area contributed by atoms with E-state index >= 15 is 0 Å². The van der Waals surface area contributed by atoms with Gasteiger partial charge in [0.2, 0.25) is 0 Å². The van der Waals surface area contributed by atoms with Gasteiger partial charge in [-0.05, 0) is 25.7 Å². The quantitative estimate of drug-likeness (QED) is 0.419. The lowest BCUT2D eigenvalue weighted by Crippen LogP contribution is -2.46. The minimum atomic E-state index is -0.159. The second-order valence-electron chi connectivity index (χ2n) is 6.57. The van der Waals surface area contributed by atoms with Crippen LogP contribution < -0.4 is 16.0 Å². The van der Waals surface area contributed by atoms with Crippen molar-refractivity contribution in [3.8, 4) is 0 Å². The van der Waals surface area contributed by atoms with Gasteiger partial charge in [0.25, 0.3) is 0 Å². The van der Waals surface area contributed by atoms with Crippen LogP contribution in [0.4, 0.5) is 0 Å². The molecule has 0 aromatic rings. The number of hydrogen-bond acceptors (Lipinski definition) is 5. The Bertz CT molecular complexity index is 252. The molecule has 0 aliphatic heterocycles. The number of rotatable bonds is 8. The molecule has 0 aromatic carbocycles. The predicted molar refractivity (Wildman–Crippen MR) is 85.4 cm³/mol. The van der Waals surface area contributed by atoms with Crippen molar-refractivity contribution >= 4 is 0 Å². The fraction of sp³-hybridized carbons (Fsp3) is 1.00. The highest BCUT2D eigenvalue weighted by Gasteiger charge is 2.22. The molecular weight excluding hydrogens is 266 g/mol. The molecule has 0 heterocycles. The molecule has 0 aromatic heterocycles. The van der Waals surface area contributed by atoms with Crippen LogP contribution >= 0.6 is 0 Å². The van der Waals surface area contributed by atoms with E-state index in [1.807, 2.05) is 0 Å². The fourth-order valence-corrected chi connectivity index (χ4v) is 3.52. The zero-order valence-electron chi connectivity index (χ0n) is 13.2. The molecule has 5 nitrogen and oxygen atoms in total. The minimum absolute atomic E-state index is 0.159. The van der Waals surface area contributed by atoms with Crippen LogP contribution in [0.25, 0.3) is 0 Å². The van der Waals surface area contributed by atoms with E-state index in [1.54, 1.807) is 0 Å². The third kappa shape index (κ3) is 6.20. The van der Waals surface area contributed by atoms with Gasteiger partial charge in [-0.15, -0.1) is 0 Å². The topological polar surface area (TPSA) is 76.5 Å². The van der Waals surface area contributed by atoms with Crippen molar-refractivity contribution in [3.05, 3.63) is 0 Å². The van der Waals surface area contributed by atoms with E-state index < -0.39 is 0 Å². The van der Waals surface area contributed by atoms with Crippen LogP contribution in [0.3, 0.4) is 0 Å². The van der Waals surface area contributed by atoms with Crippen molar-refractivity contribution in [1.82, 2.24) is 16.0 Å². The van der Waals surface area contributed by atoms with Crippen LogP contribution in [0.5, 0.6) is 0 Å². The Hall–Kier alpha value is -0.200. The lowest BCUT2D eigenvalue weighted by Gasteiger charge is -2.29. The Morgan fingerprint density at radius 2 is 1.05 bits per heavy atom. The summed E-state index contributed by atoms with van der Waals surface area (Å²) in [4.78, 5) is 0. The first-order valence-electron chi connectivity index (χ1n) is 8.81. The van der Waals surface area contributed by atoms with Gasteiger partial charge in [-0.25, -0.2) is 0 Å². The smallest absolute Gasteiger partial charge is 0.0693 e. The summed E-state index contributed by atoms with van der Waals surface area (Å²) in [6.07, 6.45) is 8.56. The predicted octanol–water partition coefficient (Wildman–Crippen LogP) is 0.362. The van der Waals surface area contributed by atoms with Gasteiger partial charge in [0.15, 0.2) is 0 Å². The maximum Gasteiger partial charge on any atom is 0.0693 e. The van der Waals surface area contributed by atoms with Crippen molar-refractivity contribution < 1.29 is 10.2 Å². The highest BCUT2D eigenvalue weighted by atomic mass is 16.3. The summed E-state index contributed by atoms with van der Waals surface area (Å²) in [5.74, 6) is 0. The first kappa shape index (κ1) is 17.2. The van der Waals surface area contributed by atoms with Crippen molar-refractivity contribution in [2.45, 2.75) is 75.7 Å². The van der Waals surface area contributed by atoms with Gasteiger partial charge in [-0.1, -0.05) is 25.7 Å². The third-order valence-corrected chi connectivity index (χ3v) is 4.88. The Morgan fingerprint density at radius 1 is 0.619 bits per heavy atom. The summed E-state index contributed by atoms with van der Waals surface area (Å²) in [6, 6.07) is 0.576.